The van der Waals surface area contributed by atoms with Gasteiger partial charge >= 0.3 is 0 Å². The predicted octanol–water partition coefficient (Wildman–Crippen LogP) is 4.00. The van der Waals surface area contributed by atoms with Gasteiger partial charge in [0.2, 0.25) is 0 Å². The van der Waals surface area contributed by atoms with Gasteiger partial charge in [-0.2, -0.15) is 5.10 Å². The van der Waals surface area contributed by atoms with E-state index in [1.165, 1.54) is 6.07 Å². The van der Waals surface area contributed by atoms with Gasteiger partial charge in [0.1, 0.15) is 5.82 Å². The van der Waals surface area contributed by atoms with Crippen LogP contribution in [0, 0.1) is 12.7 Å². The average molecular weight is 327 g/mol. The fraction of sp³-hybridized carbons (Fsp3) is 0.308. The lowest BCUT2D eigenvalue weighted by Gasteiger charge is -2.14. The van der Waals surface area contributed by atoms with Crippen LogP contribution in [0.3, 0.4) is 0 Å². The number of benzene rings is 1. The van der Waals surface area contributed by atoms with Crippen LogP contribution < -0.4 is 11.1 Å². The highest BCUT2D eigenvalue weighted by molar-refractivity contribution is 9.10. The number of nitrogens with two attached hydrogens (primary N) is 1. The molecule has 0 fully saturated rings. The van der Waals surface area contributed by atoms with E-state index < -0.39 is 0 Å². The molecule has 19 heavy (non-hydrogen) atoms. The Balaban J connectivity index is 2.43. The maximum atomic E-state index is 13.8. The highest BCUT2D eigenvalue weighted by Crippen LogP contribution is 2.30. The Bertz CT molecular complexity index is 607. The summed E-state index contributed by atoms with van der Waals surface area (Å²) in [5.74, 6) is 0.275. The molecule has 0 spiro atoms. The molecule has 2 rings (SSSR count). The van der Waals surface area contributed by atoms with Crippen molar-refractivity contribution in [3.05, 3.63) is 34.2 Å². The second-order valence-electron chi connectivity index (χ2n) is 4.64. The number of hydrogen-bond acceptors (Lipinski definition) is 3. The van der Waals surface area contributed by atoms with Crippen LogP contribution >= 0.6 is 15.9 Å². The van der Waals surface area contributed by atoms with E-state index in [4.69, 9.17) is 5.73 Å². The molecule has 0 unspecified atom stereocenters. The zero-order valence-electron chi connectivity index (χ0n) is 11.0. The summed E-state index contributed by atoms with van der Waals surface area (Å²) in [5, 5.41) is 7.37. The van der Waals surface area contributed by atoms with Crippen LogP contribution in [0.2, 0.25) is 0 Å². The molecule has 0 bridgehead atoms. The summed E-state index contributed by atoms with van der Waals surface area (Å²) in [6, 6.07) is 4.97. The van der Waals surface area contributed by atoms with Gasteiger partial charge in [0.25, 0.3) is 0 Å². The molecule has 3 N–H and O–H groups in total. The van der Waals surface area contributed by atoms with E-state index in [2.05, 4.69) is 26.3 Å². The van der Waals surface area contributed by atoms with E-state index in [1.54, 1.807) is 16.8 Å². The summed E-state index contributed by atoms with van der Waals surface area (Å²) in [4.78, 5) is 0. The molecule has 1 aromatic carbocycles. The van der Waals surface area contributed by atoms with Gasteiger partial charge in [-0.3, -0.25) is 0 Å². The predicted molar refractivity (Wildman–Crippen MR) is 79.1 cm³/mol. The summed E-state index contributed by atoms with van der Waals surface area (Å²) in [6.45, 7) is 5.82. The third-order valence-electron chi connectivity index (χ3n) is 2.81. The molecule has 4 nitrogen and oxygen atoms in total. The lowest BCUT2D eigenvalue weighted by Crippen LogP contribution is -2.08. The summed E-state index contributed by atoms with van der Waals surface area (Å²) >= 11 is 3.23. The maximum Gasteiger partial charge on any atom is 0.152 e. The van der Waals surface area contributed by atoms with E-state index in [0.29, 0.717) is 21.7 Å². The SMILES string of the molecule is Cc1nn(C(C)C)c(Nc2ccc(Br)cc2F)c1N. The topological polar surface area (TPSA) is 55.9 Å². The van der Waals surface area contributed by atoms with Crippen molar-refractivity contribution < 1.29 is 4.39 Å². The van der Waals surface area contributed by atoms with Gasteiger partial charge < -0.3 is 11.1 Å². The summed E-state index contributed by atoms with van der Waals surface area (Å²) in [7, 11) is 0. The monoisotopic (exact) mass is 326 g/mol. The number of anilines is 3. The van der Waals surface area contributed by atoms with Crippen molar-refractivity contribution >= 4 is 33.1 Å². The van der Waals surface area contributed by atoms with Crippen LogP contribution in [0.5, 0.6) is 0 Å². The van der Waals surface area contributed by atoms with Crippen molar-refractivity contribution in [1.82, 2.24) is 9.78 Å². The molecule has 1 aromatic heterocycles. The average Bonchev–Trinajstić information content (AvgIpc) is 2.61. The van der Waals surface area contributed by atoms with Gasteiger partial charge in [0.15, 0.2) is 5.82 Å². The van der Waals surface area contributed by atoms with Gasteiger partial charge in [-0.1, -0.05) is 15.9 Å². The number of aryl methyl sites for hydroxylation is 1. The highest BCUT2D eigenvalue weighted by Gasteiger charge is 2.16. The van der Waals surface area contributed by atoms with Crippen molar-refractivity contribution in [2.45, 2.75) is 26.8 Å². The Labute approximate surface area is 119 Å². The quantitative estimate of drug-likeness (QED) is 0.896. The Morgan fingerprint density at radius 2 is 2.11 bits per heavy atom. The first-order chi connectivity index (χ1) is 8.90. The van der Waals surface area contributed by atoms with Crippen LogP contribution in [0.15, 0.2) is 22.7 Å². The first-order valence-corrected chi connectivity index (χ1v) is 6.76. The molecule has 0 amide bonds. The van der Waals surface area contributed by atoms with Gasteiger partial charge in [0, 0.05) is 10.5 Å². The van der Waals surface area contributed by atoms with Crippen molar-refractivity contribution in [2.75, 3.05) is 11.1 Å². The number of aromatic nitrogens is 2. The standard InChI is InChI=1S/C13H16BrFN4/c1-7(2)19-13(12(16)8(3)18-19)17-11-5-4-9(14)6-10(11)15/h4-7,17H,16H2,1-3H3. The van der Waals surface area contributed by atoms with E-state index in [-0.39, 0.29) is 11.9 Å². The Morgan fingerprint density at radius 1 is 1.42 bits per heavy atom. The Kier molecular flexibility index (Phi) is 3.80. The summed E-state index contributed by atoms with van der Waals surface area (Å²) < 4.78 is 16.3. The van der Waals surface area contributed by atoms with Crippen LogP contribution in [-0.2, 0) is 0 Å². The fourth-order valence-electron chi connectivity index (χ4n) is 1.78. The second-order valence-corrected chi connectivity index (χ2v) is 5.55. The molecule has 0 radical (unpaired) electrons. The molecule has 102 valence electrons. The van der Waals surface area contributed by atoms with E-state index in [1.807, 2.05) is 20.8 Å². The Hall–Kier alpha value is -1.56. The summed E-state index contributed by atoms with van der Waals surface area (Å²) in [6.07, 6.45) is 0. The molecule has 2 aromatic rings. The summed E-state index contributed by atoms with van der Waals surface area (Å²) in [5.41, 5.74) is 7.63. The third kappa shape index (κ3) is 2.73. The largest absolute Gasteiger partial charge is 0.394 e. The lowest BCUT2D eigenvalue weighted by molar-refractivity contribution is 0.536. The maximum absolute atomic E-state index is 13.8. The van der Waals surface area contributed by atoms with Gasteiger partial charge in [0.05, 0.1) is 17.1 Å². The molecule has 0 atom stereocenters. The van der Waals surface area contributed by atoms with Gasteiger partial charge in [-0.25, -0.2) is 9.07 Å². The minimum Gasteiger partial charge on any atom is -0.394 e. The van der Waals surface area contributed by atoms with Crippen LogP contribution in [0.4, 0.5) is 21.6 Å². The van der Waals surface area contributed by atoms with E-state index in [0.717, 1.165) is 5.69 Å². The molecule has 0 saturated carbocycles. The fourth-order valence-corrected chi connectivity index (χ4v) is 2.11. The molecule has 1 heterocycles. The van der Waals surface area contributed by atoms with Crippen molar-refractivity contribution in [3.8, 4) is 0 Å². The molecular formula is C13H16BrFN4. The number of hydrogen-bond donors (Lipinski definition) is 2. The second kappa shape index (κ2) is 5.21. The molecule has 0 aliphatic carbocycles. The lowest BCUT2D eigenvalue weighted by atomic mass is 10.3. The smallest absolute Gasteiger partial charge is 0.152 e. The minimum absolute atomic E-state index is 0.136. The van der Waals surface area contributed by atoms with Crippen molar-refractivity contribution in [3.63, 3.8) is 0 Å². The molecule has 0 aliphatic heterocycles. The zero-order chi connectivity index (χ0) is 14.2. The van der Waals surface area contributed by atoms with Crippen molar-refractivity contribution in [2.24, 2.45) is 0 Å². The third-order valence-corrected chi connectivity index (χ3v) is 3.30. The Morgan fingerprint density at radius 3 is 2.68 bits per heavy atom. The highest BCUT2D eigenvalue weighted by atomic mass is 79.9. The molecule has 0 saturated heterocycles. The number of nitrogens with one attached hydrogen (secondary N) is 1. The number of halogens is 2. The van der Waals surface area contributed by atoms with Crippen LogP contribution in [0.25, 0.3) is 0 Å². The molecule has 6 heteroatoms. The van der Waals surface area contributed by atoms with Crippen molar-refractivity contribution in [1.29, 1.82) is 0 Å². The zero-order valence-corrected chi connectivity index (χ0v) is 12.6. The van der Waals surface area contributed by atoms with E-state index >= 15 is 0 Å². The van der Waals surface area contributed by atoms with E-state index in [9.17, 15) is 4.39 Å². The van der Waals surface area contributed by atoms with Gasteiger partial charge in [-0.15, -0.1) is 0 Å². The normalized spacial score (nSPS) is 11.1. The number of nitrogens with zero attached hydrogens (tertiary/aromatic N) is 2. The first-order valence-electron chi connectivity index (χ1n) is 5.96. The molecule has 0 aliphatic rings. The van der Waals surface area contributed by atoms with Crippen LogP contribution in [0.1, 0.15) is 25.6 Å². The number of rotatable bonds is 3. The molecular weight excluding hydrogens is 311 g/mol. The number of nitrogen functional groups attached to an aromatic ring is 1. The van der Waals surface area contributed by atoms with Gasteiger partial charge in [-0.05, 0) is 39.0 Å². The van der Waals surface area contributed by atoms with Crippen LogP contribution in [-0.4, -0.2) is 9.78 Å². The first kappa shape index (κ1) is 13.9. The minimum atomic E-state index is -0.345.